The maximum Gasteiger partial charge on any atom is 0.243 e. The summed E-state index contributed by atoms with van der Waals surface area (Å²) in [5, 5.41) is 3.95. The molecule has 0 saturated carbocycles. The molecule has 3 aromatic rings. The minimum absolute atomic E-state index is 0.0423. The molecule has 41 heavy (non-hydrogen) atoms. The average Bonchev–Trinajstić information content (AvgIpc) is 2.93. The van der Waals surface area contributed by atoms with Crippen LogP contribution < -0.4 is 9.62 Å². The predicted octanol–water partition coefficient (Wildman–Crippen LogP) is 6.10. The van der Waals surface area contributed by atoms with Crippen LogP contribution in [0.15, 0.2) is 78.9 Å². The second-order valence-electron chi connectivity index (χ2n) is 9.92. The van der Waals surface area contributed by atoms with Crippen molar-refractivity contribution >= 4 is 50.7 Å². The average molecular weight is 619 g/mol. The molecule has 1 atom stereocenters. The van der Waals surface area contributed by atoms with Gasteiger partial charge in [-0.3, -0.25) is 13.9 Å². The number of unbranched alkanes of at least 4 members (excludes halogenated alkanes) is 1. The number of nitrogens with zero attached hydrogens (tertiary/aromatic N) is 2. The molecule has 0 aliphatic rings. The molecule has 1 N–H and O–H groups in total. The zero-order chi connectivity index (χ0) is 29.8. The van der Waals surface area contributed by atoms with Crippen LogP contribution in [0.3, 0.4) is 0 Å². The second kappa shape index (κ2) is 15.8. The Balaban J connectivity index is 1.87. The van der Waals surface area contributed by atoms with Crippen molar-refractivity contribution in [2.24, 2.45) is 0 Å². The van der Waals surface area contributed by atoms with E-state index in [2.05, 4.69) is 5.32 Å². The molecule has 220 valence electrons. The Kier molecular flexibility index (Phi) is 12.5. The standard InChI is InChI=1S/C31H37Cl2N3O4S/c1-3-4-18-34-31(38)29(21-24-11-6-5-7-12-24)35(23-25-13-8-14-26(32)20-25)30(37)17-10-19-36(41(2,39)40)28-16-9-15-27(33)22-28/h5-9,11-16,20,22,29H,3-4,10,17-19,21,23H2,1-2H3,(H,34,38). The van der Waals surface area contributed by atoms with Gasteiger partial charge in [0.05, 0.1) is 11.9 Å². The fourth-order valence-electron chi connectivity index (χ4n) is 4.53. The molecule has 0 aromatic heterocycles. The maximum absolute atomic E-state index is 13.8. The lowest BCUT2D eigenvalue weighted by Crippen LogP contribution is -2.50. The summed E-state index contributed by atoms with van der Waals surface area (Å²) in [5.41, 5.74) is 2.15. The summed E-state index contributed by atoms with van der Waals surface area (Å²) in [6.45, 7) is 2.83. The fourth-order valence-corrected chi connectivity index (χ4v) is 5.88. The van der Waals surface area contributed by atoms with E-state index in [0.29, 0.717) is 28.7 Å². The number of carbonyl (C=O) groups excluding carboxylic acids is 2. The first-order valence-corrected chi connectivity index (χ1v) is 16.3. The number of anilines is 1. The third-order valence-electron chi connectivity index (χ3n) is 6.59. The summed E-state index contributed by atoms with van der Waals surface area (Å²) < 4.78 is 26.4. The zero-order valence-electron chi connectivity index (χ0n) is 23.4. The van der Waals surface area contributed by atoms with Crippen LogP contribution in [0, 0.1) is 0 Å². The monoisotopic (exact) mass is 617 g/mol. The van der Waals surface area contributed by atoms with Gasteiger partial charge in [0.25, 0.3) is 0 Å². The minimum Gasteiger partial charge on any atom is -0.354 e. The molecule has 0 radical (unpaired) electrons. The zero-order valence-corrected chi connectivity index (χ0v) is 25.8. The fraction of sp³-hybridized carbons (Fsp3) is 0.355. The van der Waals surface area contributed by atoms with Crippen molar-refractivity contribution in [3.63, 3.8) is 0 Å². The maximum atomic E-state index is 13.8. The van der Waals surface area contributed by atoms with E-state index in [1.165, 1.54) is 4.31 Å². The Hall–Kier alpha value is -3.07. The van der Waals surface area contributed by atoms with E-state index in [9.17, 15) is 18.0 Å². The highest BCUT2D eigenvalue weighted by atomic mass is 35.5. The smallest absolute Gasteiger partial charge is 0.243 e. The van der Waals surface area contributed by atoms with Gasteiger partial charge in [-0.2, -0.15) is 0 Å². The number of hydrogen-bond donors (Lipinski definition) is 1. The lowest BCUT2D eigenvalue weighted by molar-refractivity contribution is -0.141. The molecule has 10 heteroatoms. The third-order valence-corrected chi connectivity index (χ3v) is 8.26. The number of halogens is 2. The van der Waals surface area contributed by atoms with Crippen molar-refractivity contribution in [1.29, 1.82) is 0 Å². The summed E-state index contributed by atoms with van der Waals surface area (Å²) in [6, 6.07) is 22.6. The van der Waals surface area contributed by atoms with Gasteiger partial charge < -0.3 is 10.2 Å². The van der Waals surface area contributed by atoms with Crippen molar-refractivity contribution in [1.82, 2.24) is 10.2 Å². The lowest BCUT2D eigenvalue weighted by atomic mass is 10.0. The first kappa shape index (κ1) is 32.4. The molecular formula is C31H37Cl2N3O4S. The molecule has 0 aliphatic carbocycles. The number of carbonyl (C=O) groups is 2. The summed E-state index contributed by atoms with van der Waals surface area (Å²) in [4.78, 5) is 29.0. The van der Waals surface area contributed by atoms with E-state index < -0.39 is 16.1 Å². The topological polar surface area (TPSA) is 86.8 Å². The van der Waals surface area contributed by atoms with Gasteiger partial charge in [0.1, 0.15) is 6.04 Å². The summed E-state index contributed by atoms with van der Waals surface area (Å²) in [5.74, 6) is -0.481. The van der Waals surface area contributed by atoms with Gasteiger partial charge in [0.2, 0.25) is 21.8 Å². The molecular weight excluding hydrogens is 581 g/mol. The number of hydrogen-bond acceptors (Lipinski definition) is 4. The lowest BCUT2D eigenvalue weighted by Gasteiger charge is -2.32. The molecule has 0 bridgehead atoms. The third kappa shape index (κ3) is 10.4. The highest BCUT2D eigenvalue weighted by molar-refractivity contribution is 7.92. The first-order valence-electron chi connectivity index (χ1n) is 13.7. The Morgan fingerprint density at radius 2 is 1.54 bits per heavy atom. The van der Waals surface area contributed by atoms with E-state index in [1.54, 1.807) is 41.3 Å². The van der Waals surface area contributed by atoms with E-state index in [-0.39, 0.29) is 37.7 Å². The molecule has 0 saturated heterocycles. The molecule has 0 heterocycles. The van der Waals surface area contributed by atoms with Crippen LogP contribution in [0.2, 0.25) is 10.0 Å². The van der Waals surface area contributed by atoms with Crippen molar-refractivity contribution < 1.29 is 18.0 Å². The molecule has 0 spiro atoms. The van der Waals surface area contributed by atoms with Gasteiger partial charge in [-0.25, -0.2) is 8.42 Å². The van der Waals surface area contributed by atoms with Gasteiger partial charge in [0.15, 0.2) is 0 Å². The van der Waals surface area contributed by atoms with E-state index in [4.69, 9.17) is 23.2 Å². The van der Waals surface area contributed by atoms with E-state index in [1.807, 2.05) is 49.4 Å². The quantitative estimate of drug-likeness (QED) is 0.209. The molecule has 3 rings (SSSR count). The van der Waals surface area contributed by atoms with Crippen molar-refractivity contribution in [2.45, 2.75) is 51.6 Å². The number of sulfonamides is 1. The normalized spacial score (nSPS) is 12.0. The van der Waals surface area contributed by atoms with Crippen molar-refractivity contribution in [3.05, 3.63) is 100 Å². The van der Waals surface area contributed by atoms with Crippen LogP contribution in [0.5, 0.6) is 0 Å². The van der Waals surface area contributed by atoms with Crippen molar-refractivity contribution in [2.75, 3.05) is 23.7 Å². The molecule has 2 amide bonds. The molecule has 7 nitrogen and oxygen atoms in total. The van der Waals surface area contributed by atoms with Gasteiger partial charge in [0, 0.05) is 42.5 Å². The largest absolute Gasteiger partial charge is 0.354 e. The van der Waals surface area contributed by atoms with Crippen LogP contribution in [-0.2, 0) is 32.6 Å². The number of benzene rings is 3. The van der Waals surface area contributed by atoms with Crippen LogP contribution >= 0.6 is 23.2 Å². The van der Waals surface area contributed by atoms with Gasteiger partial charge in [-0.1, -0.05) is 85.1 Å². The van der Waals surface area contributed by atoms with Crippen LogP contribution in [-0.4, -0.2) is 50.5 Å². The summed E-state index contributed by atoms with van der Waals surface area (Å²) >= 11 is 12.3. The number of rotatable bonds is 15. The predicted molar refractivity (Wildman–Crippen MR) is 167 cm³/mol. The highest BCUT2D eigenvalue weighted by Crippen LogP contribution is 2.23. The Morgan fingerprint density at radius 3 is 2.17 bits per heavy atom. The first-order chi connectivity index (χ1) is 19.6. The molecule has 3 aromatic carbocycles. The Bertz CT molecular complexity index is 1400. The Labute approximate surface area is 253 Å². The van der Waals surface area contributed by atoms with Gasteiger partial charge in [-0.15, -0.1) is 0 Å². The van der Waals surface area contributed by atoms with Crippen LogP contribution in [0.25, 0.3) is 0 Å². The van der Waals surface area contributed by atoms with Gasteiger partial charge >= 0.3 is 0 Å². The van der Waals surface area contributed by atoms with Gasteiger partial charge in [-0.05, 0) is 54.3 Å². The second-order valence-corrected chi connectivity index (χ2v) is 12.7. The van der Waals surface area contributed by atoms with Crippen molar-refractivity contribution in [3.8, 4) is 0 Å². The van der Waals surface area contributed by atoms with E-state index in [0.717, 1.165) is 30.2 Å². The Morgan fingerprint density at radius 1 is 0.878 bits per heavy atom. The molecule has 0 aliphatic heterocycles. The molecule has 1 unspecified atom stereocenters. The number of amides is 2. The number of nitrogens with one attached hydrogen (secondary N) is 1. The SMILES string of the molecule is CCCCNC(=O)C(Cc1ccccc1)N(Cc1cccc(Cl)c1)C(=O)CCCN(c1cccc(Cl)c1)S(C)(=O)=O. The van der Waals surface area contributed by atoms with Crippen LogP contribution in [0.1, 0.15) is 43.7 Å². The molecule has 0 fully saturated rings. The summed E-state index contributed by atoms with van der Waals surface area (Å²) in [7, 11) is -3.62. The van der Waals surface area contributed by atoms with Crippen LogP contribution in [0.4, 0.5) is 5.69 Å². The highest BCUT2D eigenvalue weighted by Gasteiger charge is 2.30. The summed E-state index contributed by atoms with van der Waals surface area (Å²) in [6.07, 6.45) is 3.51. The van der Waals surface area contributed by atoms with E-state index >= 15 is 0 Å². The minimum atomic E-state index is -3.62.